The highest BCUT2D eigenvalue weighted by Crippen LogP contribution is 2.68. The van der Waals surface area contributed by atoms with Crippen molar-refractivity contribution < 1.29 is 41.0 Å². The van der Waals surface area contributed by atoms with Gasteiger partial charge in [-0.2, -0.15) is 19.0 Å². The van der Waals surface area contributed by atoms with E-state index in [0.29, 0.717) is 32.8 Å². The van der Waals surface area contributed by atoms with Gasteiger partial charge in [-0.15, -0.1) is 0 Å². The first-order valence-electron chi connectivity index (χ1n) is 18.8. The summed E-state index contributed by atoms with van der Waals surface area (Å²) in [6.45, 7) is 2.07. The van der Waals surface area contributed by atoms with E-state index in [-0.39, 0.29) is 64.7 Å². The largest absolute Gasteiger partial charge is 0.378 e. The summed E-state index contributed by atoms with van der Waals surface area (Å²) in [7, 11) is 1.63. The van der Waals surface area contributed by atoms with E-state index in [1.165, 1.54) is 18.5 Å². The van der Waals surface area contributed by atoms with Gasteiger partial charge >= 0.3 is 0 Å². The number of benzene rings is 2. The highest BCUT2D eigenvalue weighted by atomic mass is 35.5. The molecule has 2 saturated carbocycles. The molecule has 3 aliphatic rings. The second-order valence-electron chi connectivity index (χ2n) is 15.7. The normalized spacial score (nSPS) is 18.3. The number of rotatable bonds is 12. The molecule has 2 fully saturated rings. The van der Waals surface area contributed by atoms with Crippen LogP contribution in [-0.4, -0.2) is 59.7 Å². The summed E-state index contributed by atoms with van der Waals surface area (Å²) < 4.78 is 90.3. The number of hydrogen-bond acceptors (Lipinski definition) is 7. The third kappa shape index (κ3) is 8.13. The van der Waals surface area contributed by atoms with Crippen LogP contribution in [0.3, 0.4) is 0 Å². The van der Waals surface area contributed by atoms with Crippen LogP contribution in [0.1, 0.15) is 85.4 Å². The third-order valence-electron chi connectivity index (χ3n) is 10.5. The lowest BCUT2D eigenvalue weighted by atomic mass is 9.93. The van der Waals surface area contributed by atoms with Gasteiger partial charge in [0, 0.05) is 41.8 Å². The topological polar surface area (TPSA) is 139 Å². The summed E-state index contributed by atoms with van der Waals surface area (Å²) >= 11 is 6.73. The molecule has 308 valence electrons. The maximum Gasteiger partial charge on any atom is 0.293 e. The Balaban J connectivity index is 1.24. The summed E-state index contributed by atoms with van der Waals surface area (Å²) in [5, 5.41) is 28.0. The average Bonchev–Trinajstić information content (AvgIpc) is 4.06. The molecule has 1 unspecified atom stereocenters. The fourth-order valence-electron chi connectivity index (χ4n) is 7.77. The molecular weight excluding hydrogens is 802 g/mol. The number of hydrogen-bond donors (Lipinski definition) is 4. The zero-order valence-corrected chi connectivity index (χ0v) is 32.6. The number of aryl methyl sites for hydroxylation is 1. The maximum atomic E-state index is 15.4. The van der Waals surface area contributed by atoms with Gasteiger partial charge in [-0.25, -0.2) is 22.5 Å². The van der Waals surface area contributed by atoms with Gasteiger partial charge in [-0.05, 0) is 87.3 Å². The molecule has 0 saturated heterocycles. The van der Waals surface area contributed by atoms with E-state index in [1.807, 2.05) is 0 Å². The van der Waals surface area contributed by atoms with E-state index in [9.17, 15) is 32.3 Å². The first kappa shape index (κ1) is 40.3. The van der Waals surface area contributed by atoms with Crippen molar-refractivity contribution in [1.29, 1.82) is 0 Å². The fraction of sp³-hybridized carbons (Fsp3) is 0.390. The predicted molar refractivity (Wildman–Crippen MR) is 205 cm³/mol. The Morgan fingerprint density at radius 3 is 2.42 bits per heavy atom. The minimum Gasteiger partial charge on any atom is -0.378 e. The smallest absolute Gasteiger partial charge is 0.293 e. The van der Waals surface area contributed by atoms with E-state index >= 15 is 8.78 Å². The van der Waals surface area contributed by atoms with E-state index in [0.717, 1.165) is 25.0 Å². The molecule has 0 aliphatic heterocycles. The lowest BCUT2D eigenvalue weighted by molar-refractivity contribution is -0.123. The zero-order chi connectivity index (χ0) is 42.1. The van der Waals surface area contributed by atoms with Crippen LogP contribution >= 0.6 is 11.6 Å². The standard InChI is InChI=1S/C41H37ClF6N8O3/c1-40(2,59)11-10-23-6-7-24(25-8-9-28(42)33-36(25)55(3)54-39(33)52-30(57)17-49-22-4-5-22)34(50-23)29(14-19-12-20(43)15-21(44)13-19)51-31(58)18-56-37-32(35(53-56)38(45)46)26-16-27(26)41(37,47)48/h6-9,12-13,15,22,26-27,29,38,49,59H,4-5,14,16-18H2,1-3H3,(H,51,58)(H,52,54,57)/t26-,27+,29?/m0/s1. The first-order chi connectivity index (χ1) is 27.9. The number of carbonyl (C=O) groups excluding carboxylic acids is 2. The van der Waals surface area contributed by atoms with Crippen molar-refractivity contribution in [2.75, 3.05) is 11.9 Å². The molecule has 11 nitrogen and oxygen atoms in total. The van der Waals surface area contributed by atoms with Gasteiger partial charge in [0.15, 0.2) is 5.82 Å². The minimum atomic E-state index is -3.49. The number of aromatic nitrogens is 5. The summed E-state index contributed by atoms with van der Waals surface area (Å²) in [5.41, 5.74) is -1.74. The van der Waals surface area contributed by atoms with Crippen LogP contribution in [-0.2, 0) is 35.5 Å². The van der Waals surface area contributed by atoms with Crippen molar-refractivity contribution in [1.82, 2.24) is 35.2 Å². The van der Waals surface area contributed by atoms with Gasteiger partial charge in [-0.1, -0.05) is 23.6 Å². The van der Waals surface area contributed by atoms with Crippen LogP contribution in [0.25, 0.3) is 22.0 Å². The van der Waals surface area contributed by atoms with Crippen molar-refractivity contribution >= 4 is 40.1 Å². The molecular formula is C41H37ClF6N8O3. The average molecular weight is 839 g/mol. The number of fused-ring (bicyclic) bond motifs is 4. The summed E-state index contributed by atoms with van der Waals surface area (Å²) in [6.07, 6.45) is -1.48. The van der Waals surface area contributed by atoms with Crippen molar-refractivity contribution in [3.8, 4) is 23.0 Å². The Hall–Kier alpha value is -5.44. The van der Waals surface area contributed by atoms with Crippen LogP contribution in [0.4, 0.5) is 32.2 Å². The quantitative estimate of drug-likeness (QED) is 0.0799. The molecule has 18 heteroatoms. The number of carbonyl (C=O) groups is 2. The van der Waals surface area contributed by atoms with Crippen molar-refractivity contribution in [3.63, 3.8) is 0 Å². The van der Waals surface area contributed by atoms with Crippen LogP contribution in [0, 0.1) is 29.4 Å². The van der Waals surface area contributed by atoms with Crippen LogP contribution in [0.15, 0.2) is 42.5 Å². The molecule has 59 heavy (non-hydrogen) atoms. The number of amides is 2. The summed E-state index contributed by atoms with van der Waals surface area (Å²) in [5.74, 6) is -2.90. The SMILES string of the molecule is Cn1nc(NC(=O)CNC2CC2)c2c(Cl)ccc(-c3ccc(C#CC(C)(C)O)nc3C(Cc3cc(F)cc(F)c3)NC(=O)Cn3nc(C(F)F)c4c3C(F)(F)[C@@H]3C[C@H]43)c21. The molecule has 3 heterocycles. The Morgan fingerprint density at radius 1 is 1.03 bits per heavy atom. The molecule has 8 rings (SSSR count). The summed E-state index contributed by atoms with van der Waals surface area (Å²) in [4.78, 5) is 31.7. The molecule has 0 bridgehead atoms. The Labute approximate surface area is 338 Å². The van der Waals surface area contributed by atoms with Crippen LogP contribution < -0.4 is 16.0 Å². The van der Waals surface area contributed by atoms with Crippen molar-refractivity contribution in [2.45, 2.75) is 82.0 Å². The van der Waals surface area contributed by atoms with Gasteiger partial charge in [0.25, 0.3) is 12.3 Å². The molecule has 2 amide bonds. The maximum absolute atomic E-state index is 15.4. The van der Waals surface area contributed by atoms with Crippen LogP contribution in [0.2, 0.25) is 5.02 Å². The first-order valence-corrected chi connectivity index (χ1v) is 19.2. The number of pyridine rings is 1. The van der Waals surface area contributed by atoms with E-state index in [2.05, 4.69) is 38.0 Å². The Morgan fingerprint density at radius 2 is 1.75 bits per heavy atom. The Kier molecular flexibility index (Phi) is 10.2. The number of alkyl halides is 4. The third-order valence-corrected chi connectivity index (χ3v) is 10.8. The van der Waals surface area contributed by atoms with E-state index in [1.54, 1.807) is 31.3 Å². The molecule has 5 aromatic rings. The van der Waals surface area contributed by atoms with Crippen LogP contribution in [0.5, 0.6) is 0 Å². The molecule has 3 atom stereocenters. The van der Waals surface area contributed by atoms with E-state index in [4.69, 9.17) is 16.6 Å². The van der Waals surface area contributed by atoms with Gasteiger partial charge in [0.2, 0.25) is 11.8 Å². The molecule has 0 spiro atoms. The molecule has 4 N–H and O–H groups in total. The summed E-state index contributed by atoms with van der Waals surface area (Å²) in [6, 6.07) is 8.17. The molecule has 3 aliphatic carbocycles. The molecule has 0 radical (unpaired) electrons. The van der Waals surface area contributed by atoms with Gasteiger partial charge in [0.1, 0.15) is 40.9 Å². The Bertz CT molecular complexity index is 2570. The number of halogens is 7. The van der Waals surface area contributed by atoms with Gasteiger partial charge in [0.05, 0.1) is 34.2 Å². The lowest BCUT2D eigenvalue weighted by Gasteiger charge is -2.23. The second kappa shape index (κ2) is 15.0. The predicted octanol–water partition coefficient (Wildman–Crippen LogP) is 6.82. The van der Waals surface area contributed by atoms with E-state index < -0.39 is 71.3 Å². The number of anilines is 1. The van der Waals surface area contributed by atoms with Crippen molar-refractivity contribution in [3.05, 3.63) is 93.0 Å². The number of aliphatic hydroxyl groups is 1. The second-order valence-corrected chi connectivity index (χ2v) is 16.1. The fourth-order valence-corrected chi connectivity index (χ4v) is 8.01. The highest BCUT2D eigenvalue weighted by molar-refractivity contribution is 6.37. The van der Waals surface area contributed by atoms with Gasteiger partial charge in [-0.3, -0.25) is 19.0 Å². The monoisotopic (exact) mass is 838 g/mol. The minimum absolute atomic E-state index is 0.0329. The highest BCUT2D eigenvalue weighted by Gasteiger charge is 2.67. The molecule has 2 aromatic carbocycles. The van der Waals surface area contributed by atoms with Gasteiger partial charge < -0.3 is 21.1 Å². The lowest BCUT2D eigenvalue weighted by Crippen LogP contribution is -2.35. The molecule has 3 aromatic heterocycles. The number of nitrogens with zero attached hydrogens (tertiary/aromatic N) is 5. The zero-order valence-electron chi connectivity index (χ0n) is 31.8. The van der Waals surface area contributed by atoms with Crippen molar-refractivity contribution in [2.24, 2.45) is 13.0 Å². The number of nitrogens with one attached hydrogen (secondary N) is 3.